The molecule has 1 aliphatic heterocycles. The number of methoxy groups -OCH3 is 1. The molecule has 0 aliphatic carbocycles. The zero-order chi connectivity index (χ0) is 22.7. The van der Waals surface area contributed by atoms with Crippen LogP contribution in [0.4, 0.5) is 0 Å². The third-order valence-electron chi connectivity index (χ3n) is 5.78. The van der Waals surface area contributed by atoms with Crippen LogP contribution in [0.2, 0.25) is 0 Å². The normalized spacial score (nSPS) is 15.9. The summed E-state index contributed by atoms with van der Waals surface area (Å²) in [5.74, 6) is 2.38. The molecule has 3 aromatic rings. The van der Waals surface area contributed by atoms with Gasteiger partial charge < -0.3 is 9.26 Å². The molecule has 0 N–H and O–H groups in total. The third-order valence-corrected chi connectivity index (χ3v) is 7.70. The lowest BCUT2D eigenvalue weighted by atomic mass is 9.97. The first kappa shape index (κ1) is 22.5. The van der Waals surface area contributed by atoms with E-state index < -0.39 is 10.0 Å². The fourth-order valence-electron chi connectivity index (χ4n) is 4.05. The SMILES string of the molecule is COc1cccc(-c2nc(C3CCN(S(=O)(=O)c4ccc(CC(C)C)cc4)CC3)no2)c1. The predicted molar refractivity (Wildman–Crippen MR) is 122 cm³/mol. The maximum atomic E-state index is 13.1. The summed E-state index contributed by atoms with van der Waals surface area (Å²) >= 11 is 0. The van der Waals surface area contributed by atoms with E-state index in [4.69, 9.17) is 9.26 Å². The highest BCUT2D eigenvalue weighted by Gasteiger charge is 2.32. The average Bonchev–Trinajstić information content (AvgIpc) is 3.30. The Balaban J connectivity index is 1.41. The Hall–Kier alpha value is -2.71. The number of ether oxygens (including phenoxy) is 1. The molecule has 4 rings (SSSR count). The largest absolute Gasteiger partial charge is 0.497 e. The molecule has 1 aliphatic rings. The maximum Gasteiger partial charge on any atom is 0.258 e. The van der Waals surface area contributed by atoms with Crippen LogP contribution < -0.4 is 4.74 Å². The van der Waals surface area contributed by atoms with Crippen molar-refractivity contribution in [2.24, 2.45) is 5.92 Å². The molecule has 0 atom stereocenters. The van der Waals surface area contributed by atoms with Crippen LogP contribution in [0, 0.1) is 5.92 Å². The van der Waals surface area contributed by atoms with Gasteiger partial charge in [-0.1, -0.05) is 37.2 Å². The van der Waals surface area contributed by atoms with Crippen molar-refractivity contribution in [2.75, 3.05) is 20.2 Å². The van der Waals surface area contributed by atoms with Crippen LogP contribution in [0.1, 0.15) is 44.0 Å². The minimum atomic E-state index is -3.50. The summed E-state index contributed by atoms with van der Waals surface area (Å²) < 4.78 is 38.4. The molecule has 0 radical (unpaired) electrons. The number of hydrogen-bond donors (Lipinski definition) is 0. The number of hydrogen-bond acceptors (Lipinski definition) is 6. The number of aromatic nitrogens is 2. The van der Waals surface area contributed by atoms with Gasteiger partial charge in [0, 0.05) is 24.6 Å². The Morgan fingerprint density at radius 3 is 2.50 bits per heavy atom. The molecule has 2 aromatic carbocycles. The fourth-order valence-corrected chi connectivity index (χ4v) is 5.52. The van der Waals surface area contributed by atoms with Crippen molar-refractivity contribution in [1.82, 2.24) is 14.4 Å². The predicted octanol–water partition coefficient (Wildman–Crippen LogP) is 4.51. The van der Waals surface area contributed by atoms with Crippen LogP contribution in [0.15, 0.2) is 57.9 Å². The van der Waals surface area contributed by atoms with Crippen molar-refractivity contribution < 1.29 is 17.7 Å². The zero-order valence-electron chi connectivity index (χ0n) is 18.7. The van der Waals surface area contributed by atoms with E-state index in [-0.39, 0.29) is 5.92 Å². The van der Waals surface area contributed by atoms with Gasteiger partial charge in [0.25, 0.3) is 5.89 Å². The molecule has 170 valence electrons. The molecule has 2 heterocycles. The average molecular weight is 456 g/mol. The molecule has 1 saturated heterocycles. The topological polar surface area (TPSA) is 85.5 Å². The smallest absolute Gasteiger partial charge is 0.258 e. The van der Waals surface area contributed by atoms with Crippen molar-refractivity contribution in [3.63, 3.8) is 0 Å². The molecular weight excluding hydrogens is 426 g/mol. The molecular formula is C24H29N3O4S. The Morgan fingerprint density at radius 1 is 1.12 bits per heavy atom. The minimum Gasteiger partial charge on any atom is -0.497 e. The van der Waals surface area contributed by atoms with E-state index in [9.17, 15) is 8.42 Å². The summed E-state index contributed by atoms with van der Waals surface area (Å²) in [5, 5.41) is 4.16. The van der Waals surface area contributed by atoms with Crippen molar-refractivity contribution in [2.45, 2.75) is 43.9 Å². The van der Waals surface area contributed by atoms with Gasteiger partial charge in [-0.25, -0.2) is 8.42 Å². The van der Waals surface area contributed by atoms with Crippen LogP contribution in [0.5, 0.6) is 5.75 Å². The van der Waals surface area contributed by atoms with Gasteiger partial charge in [-0.3, -0.25) is 0 Å². The van der Waals surface area contributed by atoms with Gasteiger partial charge >= 0.3 is 0 Å². The third kappa shape index (κ3) is 4.86. The molecule has 0 spiro atoms. The van der Waals surface area contributed by atoms with Crippen molar-refractivity contribution >= 4 is 10.0 Å². The molecule has 1 aromatic heterocycles. The van der Waals surface area contributed by atoms with Crippen LogP contribution >= 0.6 is 0 Å². The number of sulfonamides is 1. The number of rotatable bonds is 7. The molecule has 32 heavy (non-hydrogen) atoms. The Labute approximate surface area is 189 Å². The Morgan fingerprint density at radius 2 is 1.84 bits per heavy atom. The van der Waals surface area contributed by atoms with Gasteiger partial charge in [0.2, 0.25) is 10.0 Å². The van der Waals surface area contributed by atoms with Crippen LogP contribution in [-0.4, -0.2) is 43.1 Å². The van der Waals surface area contributed by atoms with Crippen molar-refractivity contribution in [3.8, 4) is 17.2 Å². The molecule has 8 heteroatoms. The van der Waals surface area contributed by atoms with E-state index in [1.54, 1.807) is 23.5 Å². The van der Waals surface area contributed by atoms with Crippen molar-refractivity contribution in [1.29, 1.82) is 0 Å². The number of benzene rings is 2. The minimum absolute atomic E-state index is 0.0676. The molecule has 7 nitrogen and oxygen atoms in total. The van der Waals surface area contributed by atoms with Gasteiger partial charge in [-0.05, 0) is 61.1 Å². The summed E-state index contributed by atoms with van der Waals surface area (Å²) in [5.41, 5.74) is 1.95. The monoisotopic (exact) mass is 455 g/mol. The highest BCUT2D eigenvalue weighted by molar-refractivity contribution is 7.89. The first-order valence-corrected chi connectivity index (χ1v) is 12.4. The van der Waals surface area contributed by atoms with E-state index >= 15 is 0 Å². The lowest BCUT2D eigenvalue weighted by Crippen LogP contribution is -2.38. The Kier molecular flexibility index (Phi) is 6.62. The second kappa shape index (κ2) is 9.42. The first-order chi connectivity index (χ1) is 15.4. The molecule has 0 bridgehead atoms. The first-order valence-electron chi connectivity index (χ1n) is 10.9. The fraction of sp³-hybridized carbons (Fsp3) is 0.417. The van der Waals surface area contributed by atoms with Gasteiger partial charge in [-0.15, -0.1) is 0 Å². The maximum absolute atomic E-state index is 13.1. The van der Waals surface area contributed by atoms with Crippen LogP contribution in [0.25, 0.3) is 11.5 Å². The van der Waals surface area contributed by atoms with E-state index in [0.29, 0.717) is 48.5 Å². The summed E-state index contributed by atoms with van der Waals surface area (Å²) in [4.78, 5) is 4.91. The quantitative estimate of drug-likeness (QED) is 0.521. The highest BCUT2D eigenvalue weighted by Crippen LogP contribution is 2.31. The molecule has 0 saturated carbocycles. The standard InChI is InChI=1S/C24H29N3O4S/c1-17(2)15-18-7-9-22(10-8-18)32(28,29)27-13-11-19(12-14-27)23-25-24(31-26-23)20-5-4-6-21(16-20)30-3/h4-10,16-17,19H,11-15H2,1-3H3. The summed E-state index contributed by atoms with van der Waals surface area (Å²) in [7, 11) is -1.89. The van der Waals surface area contributed by atoms with Gasteiger partial charge in [-0.2, -0.15) is 9.29 Å². The zero-order valence-corrected chi connectivity index (χ0v) is 19.5. The van der Waals surface area contributed by atoms with E-state index in [1.807, 2.05) is 36.4 Å². The summed E-state index contributed by atoms with van der Waals surface area (Å²) in [6.45, 7) is 5.17. The molecule has 1 fully saturated rings. The number of piperidine rings is 1. The Bertz CT molecular complexity index is 1150. The second-order valence-electron chi connectivity index (χ2n) is 8.61. The van der Waals surface area contributed by atoms with Gasteiger partial charge in [0.1, 0.15) is 5.75 Å². The number of nitrogens with zero attached hydrogens (tertiary/aromatic N) is 3. The molecule has 0 unspecified atom stereocenters. The summed E-state index contributed by atoms with van der Waals surface area (Å²) in [6.07, 6.45) is 2.25. The lowest BCUT2D eigenvalue weighted by Gasteiger charge is -2.29. The van der Waals surface area contributed by atoms with Crippen LogP contribution in [-0.2, 0) is 16.4 Å². The molecule has 0 amide bonds. The highest BCUT2D eigenvalue weighted by atomic mass is 32.2. The van der Waals surface area contributed by atoms with Crippen LogP contribution in [0.3, 0.4) is 0 Å². The second-order valence-corrected chi connectivity index (χ2v) is 10.5. The summed E-state index contributed by atoms with van der Waals surface area (Å²) in [6, 6.07) is 14.7. The van der Waals surface area contributed by atoms with Crippen molar-refractivity contribution in [3.05, 3.63) is 59.9 Å². The van der Waals surface area contributed by atoms with E-state index in [1.165, 1.54) is 0 Å². The lowest BCUT2D eigenvalue weighted by molar-refractivity contribution is 0.307. The van der Waals surface area contributed by atoms with Gasteiger partial charge in [0.15, 0.2) is 5.82 Å². The van der Waals surface area contributed by atoms with Gasteiger partial charge in [0.05, 0.1) is 12.0 Å². The van der Waals surface area contributed by atoms with E-state index in [2.05, 4.69) is 24.0 Å². The van der Waals surface area contributed by atoms with E-state index in [0.717, 1.165) is 23.3 Å².